The van der Waals surface area contributed by atoms with E-state index in [4.69, 9.17) is 5.11 Å². The number of carbonyl (C=O) groups is 1. The Kier molecular flexibility index (Phi) is 6.49. The molecule has 0 aliphatic heterocycles. The van der Waals surface area contributed by atoms with Gasteiger partial charge in [-0.25, -0.2) is 0 Å². The zero-order valence-corrected chi connectivity index (χ0v) is 9.58. The summed E-state index contributed by atoms with van der Waals surface area (Å²) in [5.74, 6) is 0.0468. The number of aliphatic hydroxyl groups excluding tert-OH is 1. The normalized spacial score (nSPS) is 14.9. The fourth-order valence-electron chi connectivity index (χ4n) is 1.31. The molecule has 4 nitrogen and oxygen atoms in total. The van der Waals surface area contributed by atoms with E-state index in [2.05, 4.69) is 5.32 Å². The number of amides is 1. The van der Waals surface area contributed by atoms with Crippen molar-refractivity contribution < 1.29 is 9.90 Å². The summed E-state index contributed by atoms with van der Waals surface area (Å²) in [6.07, 6.45) is -0.463. The topological polar surface area (TPSA) is 52.6 Å². The smallest absolute Gasteiger partial charge is 0.226 e. The van der Waals surface area contributed by atoms with Gasteiger partial charge < -0.3 is 15.3 Å². The van der Waals surface area contributed by atoms with Gasteiger partial charge in [0.25, 0.3) is 0 Å². The summed E-state index contributed by atoms with van der Waals surface area (Å²) in [5, 5.41) is 12.2. The Labute approximate surface area is 86.3 Å². The first-order valence-electron chi connectivity index (χ1n) is 5.12. The first kappa shape index (κ1) is 13.4. The van der Waals surface area contributed by atoms with Gasteiger partial charge in [-0.15, -0.1) is 0 Å². The minimum atomic E-state index is -0.463. The molecule has 0 heterocycles. The number of nitrogens with zero attached hydrogens (tertiary/aromatic N) is 1. The van der Waals surface area contributed by atoms with Gasteiger partial charge in [-0.05, 0) is 13.5 Å². The van der Waals surface area contributed by atoms with Crippen LogP contribution in [-0.2, 0) is 4.79 Å². The minimum Gasteiger partial charge on any atom is -0.392 e. The Morgan fingerprint density at radius 2 is 2.07 bits per heavy atom. The quantitative estimate of drug-likeness (QED) is 0.641. The van der Waals surface area contributed by atoms with Gasteiger partial charge in [0.1, 0.15) is 0 Å². The number of hydrogen-bond acceptors (Lipinski definition) is 3. The van der Waals surface area contributed by atoms with E-state index in [0.717, 1.165) is 6.54 Å². The van der Waals surface area contributed by atoms with Crippen molar-refractivity contribution in [3.05, 3.63) is 0 Å². The van der Waals surface area contributed by atoms with Gasteiger partial charge in [-0.3, -0.25) is 4.79 Å². The van der Waals surface area contributed by atoms with E-state index in [1.807, 2.05) is 13.8 Å². The molecule has 0 aromatic heterocycles. The van der Waals surface area contributed by atoms with Crippen molar-refractivity contribution in [2.45, 2.75) is 26.9 Å². The lowest BCUT2D eigenvalue weighted by Crippen LogP contribution is -2.39. The van der Waals surface area contributed by atoms with Crippen molar-refractivity contribution in [2.75, 3.05) is 26.7 Å². The highest BCUT2D eigenvalue weighted by Crippen LogP contribution is 2.00. The maximum Gasteiger partial charge on any atom is 0.226 e. The van der Waals surface area contributed by atoms with Crippen molar-refractivity contribution in [1.82, 2.24) is 10.2 Å². The second-order valence-electron chi connectivity index (χ2n) is 3.78. The lowest BCUT2D eigenvalue weighted by molar-refractivity contribution is -0.134. The Bertz CT molecular complexity index is 172. The zero-order chi connectivity index (χ0) is 11.1. The van der Waals surface area contributed by atoms with E-state index in [-0.39, 0.29) is 11.8 Å². The van der Waals surface area contributed by atoms with Crippen LogP contribution in [0.25, 0.3) is 0 Å². The lowest BCUT2D eigenvalue weighted by atomic mass is 10.1. The molecule has 0 aliphatic carbocycles. The molecule has 4 heteroatoms. The molecule has 0 spiro atoms. The second-order valence-corrected chi connectivity index (χ2v) is 3.78. The molecule has 2 atom stereocenters. The maximum atomic E-state index is 11.7. The fraction of sp³-hybridized carbons (Fsp3) is 0.900. The van der Waals surface area contributed by atoms with E-state index >= 15 is 0 Å². The number of rotatable bonds is 6. The molecule has 0 bridgehead atoms. The van der Waals surface area contributed by atoms with Gasteiger partial charge in [-0.1, -0.05) is 13.8 Å². The fourth-order valence-corrected chi connectivity index (χ4v) is 1.31. The highest BCUT2D eigenvalue weighted by atomic mass is 16.3. The van der Waals surface area contributed by atoms with Gasteiger partial charge in [-0.2, -0.15) is 0 Å². The molecule has 0 aliphatic rings. The van der Waals surface area contributed by atoms with Crippen molar-refractivity contribution >= 4 is 5.91 Å². The number of hydrogen-bond donors (Lipinski definition) is 2. The molecule has 2 N–H and O–H groups in total. The average molecular weight is 202 g/mol. The van der Waals surface area contributed by atoms with Gasteiger partial charge >= 0.3 is 0 Å². The van der Waals surface area contributed by atoms with Crippen LogP contribution in [0.3, 0.4) is 0 Å². The molecule has 0 aromatic rings. The van der Waals surface area contributed by atoms with Gasteiger partial charge in [0.15, 0.2) is 0 Å². The van der Waals surface area contributed by atoms with Crippen LogP contribution in [-0.4, -0.2) is 48.7 Å². The molecular weight excluding hydrogens is 180 g/mol. The van der Waals surface area contributed by atoms with Gasteiger partial charge in [0.05, 0.1) is 6.10 Å². The molecule has 0 aromatic carbocycles. The van der Waals surface area contributed by atoms with Crippen molar-refractivity contribution in [3.63, 3.8) is 0 Å². The third-order valence-corrected chi connectivity index (χ3v) is 2.04. The van der Waals surface area contributed by atoms with Gasteiger partial charge in [0, 0.05) is 26.1 Å². The van der Waals surface area contributed by atoms with E-state index in [1.165, 1.54) is 0 Å². The number of aliphatic hydroxyl groups is 1. The van der Waals surface area contributed by atoms with Crippen LogP contribution in [0.5, 0.6) is 0 Å². The van der Waals surface area contributed by atoms with Crippen molar-refractivity contribution in [1.29, 1.82) is 0 Å². The highest BCUT2D eigenvalue weighted by molar-refractivity contribution is 5.78. The summed E-state index contributed by atoms with van der Waals surface area (Å²) in [6.45, 7) is 7.55. The summed E-state index contributed by atoms with van der Waals surface area (Å²) >= 11 is 0. The van der Waals surface area contributed by atoms with Gasteiger partial charge in [0.2, 0.25) is 5.91 Å². The van der Waals surface area contributed by atoms with E-state index < -0.39 is 6.10 Å². The van der Waals surface area contributed by atoms with Crippen LogP contribution in [0.1, 0.15) is 20.8 Å². The lowest BCUT2D eigenvalue weighted by Gasteiger charge is -2.22. The molecule has 14 heavy (non-hydrogen) atoms. The highest BCUT2D eigenvalue weighted by Gasteiger charge is 2.17. The summed E-state index contributed by atoms with van der Waals surface area (Å²) in [4.78, 5) is 13.2. The zero-order valence-electron chi connectivity index (χ0n) is 9.58. The summed E-state index contributed by atoms with van der Waals surface area (Å²) in [6, 6.07) is 0. The molecule has 0 saturated heterocycles. The van der Waals surface area contributed by atoms with Crippen LogP contribution in [0.4, 0.5) is 0 Å². The first-order valence-corrected chi connectivity index (χ1v) is 5.12. The third kappa shape index (κ3) is 5.19. The largest absolute Gasteiger partial charge is 0.392 e. The molecule has 84 valence electrons. The number of carbonyl (C=O) groups excluding carboxylic acids is 1. The Morgan fingerprint density at radius 1 is 1.50 bits per heavy atom. The Morgan fingerprint density at radius 3 is 2.50 bits per heavy atom. The van der Waals surface area contributed by atoms with E-state index in [1.54, 1.807) is 18.9 Å². The number of likely N-dealkylation sites (N-methyl/N-ethyl adjacent to an activating group) is 1. The number of nitrogens with one attached hydrogen (secondary N) is 1. The minimum absolute atomic E-state index is 0.0290. The monoisotopic (exact) mass is 202 g/mol. The predicted molar refractivity (Wildman–Crippen MR) is 57.0 cm³/mol. The molecule has 0 rings (SSSR count). The first-order chi connectivity index (χ1) is 6.49. The summed E-state index contributed by atoms with van der Waals surface area (Å²) in [7, 11) is 1.72. The predicted octanol–water partition coefficient (Wildman–Crippen LogP) is 0.0712. The van der Waals surface area contributed by atoms with Crippen LogP contribution in [0, 0.1) is 5.92 Å². The molecule has 0 fully saturated rings. The summed E-state index contributed by atoms with van der Waals surface area (Å²) in [5.41, 5.74) is 0. The van der Waals surface area contributed by atoms with Crippen LogP contribution < -0.4 is 5.32 Å². The Hall–Kier alpha value is -0.610. The molecule has 1 amide bonds. The Balaban J connectivity index is 3.91. The van der Waals surface area contributed by atoms with Crippen LogP contribution in [0.2, 0.25) is 0 Å². The molecule has 2 unspecified atom stereocenters. The molecular formula is C10H22N2O2. The molecule has 0 radical (unpaired) electrons. The van der Waals surface area contributed by atoms with Crippen molar-refractivity contribution in [3.8, 4) is 0 Å². The third-order valence-electron chi connectivity index (χ3n) is 2.04. The van der Waals surface area contributed by atoms with Crippen molar-refractivity contribution in [2.24, 2.45) is 5.92 Å². The van der Waals surface area contributed by atoms with E-state index in [9.17, 15) is 4.79 Å². The molecule has 0 saturated carbocycles. The van der Waals surface area contributed by atoms with Crippen LogP contribution in [0.15, 0.2) is 0 Å². The standard InChI is InChI=1S/C10H22N2O2/c1-5-11-6-8(2)10(14)12(4)7-9(3)13/h8-9,11,13H,5-7H2,1-4H3. The van der Waals surface area contributed by atoms with Crippen LogP contribution >= 0.6 is 0 Å². The summed E-state index contributed by atoms with van der Waals surface area (Å²) < 4.78 is 0. The maximum absolute atomic E-state index is 11.7. The van der Waals surface area contributed by atoms with E-state index in [0.29, 0.717) is 13.1 Å². The average Bonchev–Trinajstić information content (AvgIpc) is 2.11. The SMILES string of the molecule is CCNCC(C)C(=O)N(C)CC(C)O. The second kappa shape index (κ2) is 6.79.